The molecular formula is C16H16N4O2S. The quantitative estimate of drug-likeness (QED) is 0.527. The number of carbonyl (C=O) groups is 1. The van der Waals surface area contributed by atoms with Crippen molar-refractivity contribution >= 4 is 28.5 Å². The largest absolute Gasteiger partial charge is 0.453 e. The van der Waals surface area contributed by atoms with Crippen LogP contribution < -0.4 is 0 Å². The van der Waals surface area contributed by atoms with Crippen molar-refractivity contribution in [1.29, 1.82) is 0 Å². The summed E-state index contributed by atoms with van der Waals surface area (Å²) in [5, 5.41) is 13.5. The van der Waals surface area contributed by atoms with Gasteiger partial charge in [-0.1, -0.05) is 42.8 Å². The SMILES string of the molecule is O=C(CSc1nnnn1C1CCCC1)c1cc2ccccc2o1. The molecule has 0 aliphatic heterocycles. The van der Waals surface area contributed by atoms with Gasteiger partial charge >= 0.3 is 0 Å². The van der Waals surface area contributed by atoms with Crippen molar-refractivity contribution in [2.24, 2.45) is 0 Å². The van der Waals surface area contributed by atoms with Crippen molar-refractivity contribution in [3.8, 4) is 0 Å². The molecule has 0 bridgehead atoms. The second-order valence-corrected chi connectivity index (χ2v) is 6.65. The van der Waals surface area contributed by atoms with Crippen molar-refractivity contribution in [3.63, 3.8) is 0 Å². The van der Waals surface area contributed by atoms with Gasteiger partial charge in [-0.3, -0.25) is 4.79 Å². The van der Waals surface area contributed by atoms with Crippen LogP contribution in [0.15, 0.2) is 39.9 Å². The van der Waals surface area contributed by atoms with Crippen LogP contribution in [0.25, 0.3) is 11.0 Å². The minimum Gasteiger partial charge on any atom is -0.453 e. The van der Waals surface area contributed by atoms with Crippen molar-refractivity contribution in [3.05, 3.63) is 36.1 Å². The molecule has 1 fully saturated rings. The molecule has 0 saturated heterocycles. The average molecular weight is 328 g/mol. The van der Waals surface area contributed by atoms with Crippen molar-refractivity contribution in [2.75, 3.05) is 5.75 Å². The van der Waals surface area contributed by atoms with Gasteiger partial charge in [0.05, 0.1) is 11.8 Å². The Labute approximate surface area is 137 Å². The van der Waals surface area contributed by atoms with E-state index < -0.39 is 0 Å². The Morgan fingerprint density at radius 3 is 2.96 bits per heavy atom. The molecule has 0 spiro atoms. The molecule has 2 aromatic heterocycles. The fraction of sp³-hybridized carbons (Fsp3) is 0.375. The molecule has 0 amide bonds. The van der Waals surface area contributed by atoms with Crippen LogP contribution in [-0.4, -0.2) is 31.7 Å². The summed E-state index contributed by atoms with van der Waals surface area (Å²) in [6.45, 7) is 0. The molecule has 1 aliphatic carbocycles. The van der Waals surface area contributed by atoms with E-state index in [1.807, 2.05) is 28.9 Å². The predicted octanol–water partition coefficient (Wildman–Crippen LogP) is 3.51. The maximum atomic E-state index is 12.3. The van der Waals surface area contributed by atoms with Gasteiger partial charge in [0.15, 0.2) is 5.76 Å². The summed E-state index contributed by atoms with van der Waals surface area (Å²) >= 11 is 1.37. The normalized spacial score (nSPS) is 15.5. The number of tetrazole rings is 1. The number of carbonyl (C=O) groups excluding carboxylic acids is 1. The molecule has 23 heavy (non-hydrogen) atoms. The fourth-order valence-electron chi connectivity index (χ4n) is 2.98. The van der Waals surface area contributed by atoms with E-state index in [9.17, 15) is 4.79 Å². The molecule has 1 saturated carbocycles. The molecule has 0 unspecified atom stereocenters. The highest BCUT2D eigenvalue weighted by atomic mass is 32.2. The molecule has 2 heterocycles. The van der Waals surface area contributed by atoms with Crippen LogP contribution in [0.4, 0.5) is 0 Å². The smallest absolute Gasteiger partial charge is 0.210 e. The number of nitrogens with zero attached hydrogens (tertiary/aromatic N) is 4. The number of para-hydroxylation sites is 1. The monoisotopic (exact) mass is 328 g/mol. The Kier molecular flexibility index (Phi) is 3.87. The average Bonchev–Trinajstić information content (AvgIpc) is 3.30. The van der Waals surface area contributed by atoms with Crippen LogP contribution in [0.1, 0.15) is 42.3 Å². The van der Waals surface area contributed by atoms with E-state index in [2.05, 4.69) is 15.5 Å². The second kappa shape index (κ2) is 6.16. The summed E-state index contributed by atoms with van der Waals surface area (Å²) in [6.07, 6.45) is 4.64. The van der Waals surface area contributed by atoms with Crippen molar-refractivity contribution in [1.82, 2.24) is 20.2 Å². The molecule has 7 heteroatoms. The van der Waals surface area contributed by atoms with Gasteiger partial charge in [0.2, 0.25) is 10.9 Å². The number of thioether (sulfide) groups is 1. The number of ketones is 1. The number of hydrogen-bond donors (Lipinski definition) is 0. The van der Waals surface area contributed by atoms with Crippen LogP contribution >= 0.6 is 11.8 Å². The number of hydrogen-bond acceptors (Lipinski definition) is 6. The first kappa shape index (κ1) is 14.4. The van der Waals surface area contributed by atoms with Gasteiger partial charge in [-0.05, 0) is 35.4 Å². The third-order valence-electron chi connectivity index (χ3n) is 4.17. The zero-order valence-corrected chi connectivity index (χ0v) is 13.3. The maximum Gasteiger partial charge on any atom is 0.210 e. The Morgan fingerprint density at radius 1 is 1.30 bits per heavy atom. The van der Waals surface area contributed by atoms with Gasteiger partial charge in [0.25, 0.3) is 0 Å². The lowest BCUT2D eigenvalue weighted by Gasteiger charge is -2.10. The lowest BCUT2D eigenvalue weighted by molar-refractivity contribution is 0.0994. The first-order valence-electron chi connectivity index (χ1n) is 7.74. The van der Waals surface area contributed by atoms with Gasteiger partial charge in [-0.15, -0.1) is 5.10 Å². The number of aromatic nitrogens is 4. The number of Topliss-reactive ketones (excluding diaryl/α,β-unsaturated/α-hetero) is 1. The third-order valence-corrected chi connectivity index (χ3v) is 5.10. The molecule has 0 N–H and O–H groups in total. The molecule has 3 aromatic rings. The highest BCUT2D eigenvalue weighted by molar-refractivity contribution is 7.99. The second-order valence-electron chi connectivity index (χ2n) is 5.70. The molecular weight excluding hydrogens is 312 g/mol. The summed E-state index contributed by atoms with van der Waals surface area (Å²) in [5.74, 6) is 0.609. The number of rotatable bonds is 5. The van der Waals surface area contributed by atoms with Crippen LogP contribution in [0.3, 0.4) is 0 Å². The van der Waals surface area contributed by atoms with Crippen molar-refractivity contribution in [2.45, 2.75) is 36.9 Å². The van der Waals surface area contributed by atoms with Gasteiger partial charge in [0, 0.05) is 5.39 Å². The first-order valence-corrected chi connectivity index (χ1v) is 8.72. The highest BCUT2D eigenvalue weighted by Gasteiger charge is 2.22. The summed E-state index contributed by atoms with van der Waals surface area (Å²) in [5.41, 5.74) is 0.733. The Bertz CT molecular complexity index is 802. The maximum absolute atomic E-state index is 12.3. The Balaban J connectivity index is 1.46. The van der Waals surface area contributed by atoms with E-state index in [0.29, 0.717) is 17.0 Å². The molecule has 1 aliphatic rings. The van der Waals surface area contributed by atoms with Crippen LogP contribution in [-0.2, 0) is 0 Å². The molecule has 1 aromatic carbocycles. The minimum absolute atomic E-state index is 0.0489. The van der Waals surface area contributed by atoms with Gasteiger partial charge in [0.1, 0.15) is 5.58 Å². The zero-order chi connectivity index (χ0) is 15.6. The number of benzene rings is 1. The summed E-state index contributed by atoms with van der Waals surface area (Å²) in [6, 6.07) is 9.77. The topological polar surface area (TPSA) is 73.8 Å². The molecule has 4 rings (SSSR count). The zero-order valence-electron chi connectivity index (χ0n) is 12.5. The van der Waals surface area contributed by atoms with Gasteiger partial charge < -0.3 is 4.42 Å². The molecule has 6 nitrogen and oxygen atoms in total. The highest BCUT2D eigenvalue weighted by Crippen LogP contribution is 2.31. The molecule has 0 radical (unpaired) electrons. The Morgan fingerprint density at radius 2 is 2.13 bits per heavy atom. The molecule has 0 atom stereocenters. The van der Waals surface area contributed by atoms with Gasteiger partial charge in [-0.25, -0.2) is 4.68 Å². The van der Waals surface area contributed by atoms with Crippen LogP contribution in [0.2, 0.25) is 0 Å². The van der Waals surface area contributed by atoms with E-state index in [0.717, 1.165) is 23.8 Å². The fourth-order valence-corrected chi connectivity index (χ4v) is 3.79. The summed E-state index contributed by atoms with van der Waals surface area (Å²) in [4.78, 5) is 12.3. The van der Waals surface area contributed by atoms with E-state index in [1.165, 1.54) is 24.6 Å². The first-order chi connectivity index (χ1) is 11.3. The standard InChI is InChI=1S/C16H16N4O2S/c21-13(15-9-11-5-1-4-8-14(11)22-15)10-23-16-17-18-19-20(16)12-6-2-3-7-12/h1,4-5,8-9,12H,2-3,6-7,10H2. The lowest BCUT2D eigenvalue weighted by atomic mass is 10.2. The van der Waals surface area contributed by atoms with Crippen molar-refractivity contribution < 1.29 is 9.21 Å². The van der Waals surface area contributed by atoms with E-state index in [-0.39, 0.29) is 11.5 Å². The summed E-state index contributed by atoms with van der Waals surface area (Å²) < 4.78 is 7.47. The number of fused-ring (bicyclic) bond motifs is 1. The van der Waals surface area contributed by atoms with E-state index in [1.54, 1.807) is 6.07 Å². The lowest BCUT2D eigenvalue weighted by Crippen LogP contribution is -2.09. The third kappa shape index (κ3) is 2.88. The van der Waals surface area contributed by atoms with E-state index in [4.69, 9.17) is 4.42 Å². The van der Waals surface area contributed by atoms with Crippen LogP contribution in [0.5, 0.6) is 0 Å². The number of furan rings is 1. The van der Waals surface area contributed by atoms with Crippen LogP contribution in [0, 0.1) is 0 Å². The Hall–Kier alpha value is -2.15. The van der Waals surface area contributed by atoms with E-state index >= 15 is 0 Å². The predicted molar refractivity (Wildman–Crippen MR) is 86.6 cm³/mol. The minimum atomic E-state index is -0.0489. The molecule has 118 valence electrons. The van der Waals surface area contributed by atoms with Gasteiger partial charge in [-0.2, -0.15) is 0 Å². The summed E-state index contributed by atoms with van der Waals surface area (Å²) in [7, 11) is 0.